The van der Waals surface area contributed by atoms with Crippen LogP contribution in [0.4, 0.5) is 23.2 Å². The van der Waals surface area contributed by atoms with Crippen LogP contribution >= 0.6 is 0 Å². The van der Waals surface area contributed by atoms with Crippen molar-refractivity contribution in [1.82, 2.24) is 0 Å². The number of amidine groups is 1. The number of anilines is 1. The van der Waals surface area contributed by atoms with Crippen LogP contribution in [0.25, 0.3) is 0 Å². The molecule has 0 unspecified atom stereocenters. The summed E-state index contributed by atoms with van der Waals surface area (Å²) < 4.78 is 51.2. The maximum Gasteiger partial charge on any atom is 0.391 e. The second-order valence-electron chi connectivity index (χ2n) is 4.95. The first kappa shape index (κ1) is 15.4. The summed E-state index contributed by atoms with van der Waals surface area (Å²) >= 11 is 0. The van der Waals surface area contributed by atoms with Crippen LogP contribution in [-0.2, 0) is 0 Å². The van der Waals surface area contributed by atoms with Crippen LogP contribution in [-0.4, -0.2) is 30.3 Å². The summed E-state index contributed by atoms with van der Waals surface area (Å²) in [5.41, 5.74) is 6.13. The molecule has 0 radical (unpaired) electrons. The second kappa shape index (κ2) is 5.79. The molecule has 4 nitrogen and oxygen atoms in total. The standard InChI is InChI=1S/C13H15F4N3O/c14-9-1-2-11(10(7-9)12(18)19-21)20-5-3-8(4-6-20)13(15,16)17/h1-2,7-8,21H,3-6H2,(H2,18,19). The molecule has 0 spiro atoms. The molecule has 1 aromatic rings. The molecule has 1 aliphatic rings. The molecular formula is C13H15F4N3O. The fraction of sp³-hybridized carbons (Fsp3) is 0.462. The van der Waals surface area contributed by atoms with Gasteiger partial charge in [0.2, 0.25) is 0 Å². The van der Waals surface area contributed by atoms with Gasteiger partial charge in [0.1, 0.15) is 5.82 Å². The molecule has 21 heavy (non-hydrogen) atoms. The smallest absolute Gasteiger partial charge is 0.391 e. The lowest BCUT2D eigenvalue weighted by Gasteiger charge is -2.35. The highest BCUT2D eigenvalue weighted by Crippen LogP contribution is 2.36. The molecule has 1 fully saturated rings. The molecule has 0 aliphatic carbocycles. The summed E-state index contributed by atoms with van der Waals surface area (Å²) in [6.07, 6.45) is -4.25. The number of nitrogens with two attached hydrogens (primary N) is 1. The van der Waals surface area contributed by atoms with E-state index in [4.69, 9.17) is 10.9 Å². The van der Waals surface area contributed by atoms with Gasteiger partial charge in [0.25, 0.3) is 0 Å². The van der Waals surface area contributed by atoms with Crippen molar-refractivity contribution in [2.24, 2.45) is 16.8 Å². The van der Waals surface area contributed by atoms with Crippen molar-refractivity contribution in [3.8, 4) is 0 Å². The van der Waals surface area contributed by atoms with Gasteiger partial charge in [-0.1, -0.05) is 5.16 Å². The number of hydrogen-bond donors (Lipinski definition) is 2. The Morgan fingerprint density at radius 1 is 1.29 bits per heavy atom. The summed E-state index contributed by atoms with van der Waals surface area (Å²) in [6, 6.07) is 3.72. The van der Waals surface area contributed by atoms with Crippen molar-refractivity contribution in [3.05, 3.63) is 29.6 Å². The first-order valence-corrected chi connectivity index (χ1v) is 6.42. The lowest BCUT2D eigenvalue weighted by Crippen LogP contribution is -2.39. The van der Waals surface area contributed by atoms with Crippen molar-refractivity contribution in [2.45, 2.75) is 19.0 Å². The van der Waals surface area contributed by atoms with E-state index in [9.17, 15) is 17.6 Å². The first-order valence-electron chi connectivity index (χ1n) is 6.42. The molecular weight excluding hydrogens is 290 g/mol. The first-order chi connectivity index (χ1) is 9.82. The third-order valence-corrected chi connectivity index (χ3v) is 3.64. The van der Waals surface area contributed by atoms with Gasteiger partial charge in [0.05, 0.1) is 5.92 Å². The van der Waals surface area contributed by atoms with E-state index in [1.165, 1.54) is 12.1 Å². The van der Waals surface area contributed by atoms with E-state index in [0.717, 1.165) is 6.07 Å². The highest BCUT2D eigenvalue weighted by atomic mass is 19.4. The molecule has 116 valence electrons. The van der Waals surface area contributed by atoms with Crippen LogP contribution < -0.4 is 10.6 Å². The zero-order chi connectivity index (χ0) is 15.6. The maximum atomic E-state index is 13.3. The largest absolute Gasteiger partial charge is 0.409 e. The van der Waals surface area contributed by atoms with Crippen LogP contribution in [0.2, 0.25) is 0 Å². The fourth-order valence-corrected chi connectivity index (χ4v) is 2.49. The van der Waals surface area contributed by atoms with Crippen molar-refractivity contribution in [1.29, 1.82) is 0 Å². The third-order valence-electron chi connectivity index (χ3n) is 3.64. The average Bonchev–Trinajstić information content (AvgIpc) is 2.45. The molecule has 0 aromatic heterocycles. The zero-order valence-electron chi connectivity index (χ0n) is 11.1. The number of benzene rings is 1. The Morgan fingerprint density at radius 3 is 2.43 bits per heavy atom. The molecule has 1 aromatic carbocycles. The predicted octanol–water partition coefficient (Wildman–Crippen LogP) is 2.70. The topological polar surface area (TPSA) is 61.9 Å². The number of rotatable bonds is 2. The number of halogens is 4. The molecule has 8 heteroatoms. The normalized spacial score (nSPS) is 18.1. The lowest BCUT2D eigenvalue weighted by atomic mass is 9.95. The van der Waals surface area contributed by atoms with Gasteiger partial charge in [-0.3, -0.25) is 0 Å². The van der Waals surface area contributed by atoms with Crippen molar-refractivity contribution in [2.75, 3.05) is 18.0 Å². The molecule has 0 amide bonds. The highest BCUT2D eigenvalue weighted by Gasteiger charge is 2.41. The van der Waals surface area contributed by atoms with Crippen molar-refractivity contribution >= 4 is 11.5 Å². The quantitative estimate of drug-likeness (QED) is 0.290. The number of hydrogen-bond acceptors (Lipinski definition) is 3. The van der Waals surface area contributed by atoms with E-state index in [1.54, 1.807) is 4.90 Å². The Morgan fingerprint density at radius 2 is 1.90 bits per heavy atom. The summed E-state index contributed by atoms with van der Waals surface area (Å²) in [4.78, 5) is 1.69. The van der Waals surface area contributed by atoms with Crippen LogP contribution in [0.5, 0.6) is 0 Å². The fourth-order valence-electron chi connectivity index (χ4n) is 2.49. The van der Waals surface area contributed by atoms with E-state index in [-0.39, 0.29) is 37.3 Å². The molecule has 1 saturated heterocycles. The van der Waals surface area contributed by atoms with Crippen LogP contribution in [0.1, 0.15) is 18.4 Å². The summed E-state index contributed by atoms with van der Waals surface area (Å²) in [7, 11) is 0. The van der Waals surface area contributed by atoms with Gasteiger partial charge >= 0.3 is 6.18 Å². The number of oxime groups is 1. The average molecular weight is 305 g/mol. The SMILES string of the molecule is NC(=NO)c1cc(F)ccc1N1CCC(C(F)(F)F)CC1. The minimum atomic E-state index is -4.19. The molecule has 1 heterocycles. The Balaban J connectivity index is 2.21. The van der Waals surface area contributed by atoms with Gasteiger partial charge < -0.3 is 15.8 Å². The number of nitrogens with zero attached hydrogens (tertiary/aromatic N) is 2. The van der Waals surface area contributed by atoms with Gasteiger partial charge in [0, 0.05) is 24.3 Å². The van der Waals surface area contributed by atoms with E-state index >= 15 is 0 Å². The lowest BCUT2D eigenvalue weighted by molar-refractivity contribution is -0.179. The summed E-state index contributed by atoms with van der Waals surface area (Å²) in [5, 5.41) is 11.6. The molecule has 1 aliphatic heterocycles. The van der Waals surface area contributed by atoms with Gasteiger partial charge in [0.15, 0.2) is 5.84 Å². The number of alkyl halides is 3. The minimum Gasteiger partial charge on any atom is -0.409 e. The summed E-state index contributed by atoms with van der Waals surface area (Å²) in [6.45, 7) is 0.364. The van der Waals surface area contributed by atoms with E-state index < -0.39 is 17.9 Å². The van der Waals surface area contributed by atoms with Crippen LogP contribution in [0.3, 0.4) is 0 Å². The monoisotopic (exact) mass is 305 g/mol. The highest BCUT2D eigenvalue weighted by molar-refractivity contribution is 6.02. The van der Waals surface area contributed by atoms with Crippen molar-refractivity contribution in [3.63, 3.8) is 0 Å². The van der Waals surface area contributed by atoms with E-state index in [0.29, 0.717) is 5.69 Å². The van der Waals surface area contributed by atoms with Gasteiger partial charge in [-0.15, -0.1) is 0 Å². The number of piperidine rings is 1. The van der Waals surface area contributed by atoms with E-state index in [1.807, 2.05) is 0 Å². The Labute approximate surface area is 118 Å². The Kier molecular flexibility index (Phi) is 4.24. The minimum absolute atomic E-state index is 0.0313. The molecule has 0 atom stereocenters. The van der Waals surface area contributed by atoms with E-state index in [2.05, 4.69) is 5.16 Å². The van der Waals surface area contributed by atoms with Gasteiger partial charge in [-0.05, 0) is 31.0 Å². The van der Waals surface area contributed by atoms with Crippen LogP contribution in [0, 0.1) is 11.7 Å². The Bertz CT molecular complexity index is 537. The third kappa shape index (κ3) is 3.37. The van der Waals surface area contributed by atoms with Crippen molar-refractivity contribution < 1.29 is 22.8 Å². The summed E-state index contributed by atoms with van der Waals surface area (Å²) in [5.74, 6) is -2.16. The van der Waals surface area contributed by atoms with Gasteiger partial charge in [-0.2, -0.15) is 13.2 Å². The second-order valence-corrected chi connectivity index (χ2v) is 4.95. The maximum absolute atomic E-state index is 13.3. The molecule has 0 saturated carbocycles. The zero-order valence-corrected chi connectivity index (χ0v) is 11.1. The van der Waals surface area contributed by atoms with Crippen LogP contribution in [0.15, 0.2) is 23.4 Å². The molecule has 3 N–H and O–H groups in total. The molecule has 2 rings (SSSR count). The Hall–Kier alpha value is -1.99. The van der Waals surface area contributed by atoms with Gasteiger partial charge in [-0.25, -0.2) is 4.39 Å². The molecule has 0 bridgehead atoms. The predicted molar refractivity (Wildman–Crippen MR) is 69.9 cm³/mol.